The summed E-state index contributed by atoms with van der Waals surface area (Å²) in [5, 5.41) is 5.02. The van der Waals surface area contributed by atoms with Crippen LogP contribution in [0.3, 0.4) is 0 Å². The maximum atomic E-state index is 12.3. The van der Waals surface area contributed by atoms with Crippen molar-refractivity contribution in [2.24, 2.45) is 5.10 Å². The van der Waals surface area contributed by atoms with Gasteiger partial charge in [-0.1, -0.05) is 30.0 Å². The van der Waals surface area contributed by atoms with Gasteiger partial charge in [-0.15, -0.1) is 0 Å². The first-order valence-electron chi connectivity index (χ1n) is 10.0. The molecule has 0 aliphatic carbocycles. The molecule has 0 unspecified atom stereocenters. The van der Waals surface area contributed by atoms with Gasteiger partial charge in [-0.2, -0.15) is 5.10 Å². The van der Waals surface area contributed by atoms with E-state index in [1.807, 2.05) is 72.8 Å². The van der Waals surface area contributed by atoms with Crippen LogP contribution in [0.25, 0.3) is 16.9 Å². The average Bonchev–Trinajstić information content (AvgIpc) is 3.28. The van der Waals surface area contributed by atoms with Crippen LogP contribution in [-0.4, -0.2) is 34.5 Å². The van der Waals surface area contributed by atoms with Crippen molar-refractivity contribution in [2.45, 2.75) is 5.03 Å². The van der Waals surface area contributed by atoms with Crippen molar-refractivity contribution in [2.75, 3.05) is 12.9 Å². The third-order valence-corrected chi connectivity index (χ3v) is 5.73. The van der Waals surface area contributed by atoms with Crippen molar-refractivity contribution in [1.29, 1.82) is 0 Å². The summed E-state index contributed by atoms with van der Waals surface area (Å²) in [5.41, 5.74) is 6.59. The fourth-order valence-corrected chi connectivity index (χ4v) is 4.00. The Bertz CT molecular complexity index is 1190. The van der Waals surface area contributed by atoms with Crippen molar-refractivity contribution in [3.63, 3.8) is 0 Å². The van der Waals surface area contributed by atoms with Crippen molar-refractivity contribution in [3.8, 4) is 22.7 Å². The lowest BCUT2D eigenvalue weighted by Gasteiger charge is -2.13. The van der Waals surface area contributed by atoms with Crippen LogP contribution in [0.15, 0.2) is 101 Å². The summed E-state index contributed by atoms with van der Waals surface area (Å²) in [6.07, 6.45) is 5.16. The number of thioether (sulfide) groups is 1. The highest BCUT2D eigenvalue weighted by Crippen LogP contribution is 2.31. The molecule has 0 aliphatic rings. The summed E-state index contributed by atoms with van der Waals surface area (Å²) in [4.78, 5) is 16.5. The van der Waals surface area contributed by atoms with E-state index in [1.165, 1.54) is 11.8 Å². The minimum atomic E-state index is -0.175. The molecule has 0 spiro atoms. The van der Waals surface area contributed by atoms with Crippen LogP contribution in [0.5, 0.6) is 5.75 Å². The topological polar surface area (TPSA) is 68.5 Å². The summed E-state index contributed by atoms with van der Waals surface area (Å²) < 4.78 is 7.28. The minimum Gasteiger partial charge on any atom is -0.497 e. The zero-order valence-electron chi connectivity index (χ0n) is 17.5. The maximum absolute atomic E-state index is 12.3. The van der Waals surface area contributed by atoms with Gasteiger partial charge < -0.3 is 9.30 Å². The van der Waals surface area contributed by atoms with Crippen molar-refractivity contribution >= 4 is 23.9 Å². The standard InChI is InChI=1S/C25H22N4O2S/c1-31-22-9-7-19(8-10-22)17-27-28-24(30)18-32-25-12-11-23(20-13-15-26-16-14-20)29(25)21-5-3-2-4-6-21/h2-17H,18H2,1H3,(H,28,30)/b27-17+. The number of rotatable bonds is 8. The lowest BCUT2D eigenvalue weighted by atomic mass is 10.2. The summed E-state index contributed by atoms with van der Waals surface area (Å²) in [7, 11) is 1.62. The quantitative estimate of drug-likeness (QED) is 0.242. The summed E-state index contributed by atoms with van der Waals surface area (Å²) in [6.45, 7) is 0. The highest BCUT2D eigenvalue weighted by atomic mass is 32.2. The van der Waals surface area contributed by atoms with Crippen LogP contribution in [0, 0.1) is 0 Å². The number of ether oxygens (including phenoxy) is 1. The predicted molar refractivity (Wildman–Crippen MR) is 128 cm³/mol. The molecule has 32 heavy (non-hydrogen) atoms. The third-order valence-electron chi connectivity index (χ3n) is 4.71. The van der Waals surface area contributed by atoms with E-state index in [9.17, 15) is 4.79 Å². The Balaban J connectivity index is 1.45. The SMILES string of the molecule is COc1ccc(/C=N/NC(=O)CSc2ccc(-c3ccncc3)n2-c2ccccc2)cc1. The number of hydrogen-bond acceptors (Lipinski definition) is 5. The number of methoxy groups -OCH3 is 1. The van der Waals surface area contributed by atoms with Gasteiger partial charge in [0.1, 0.15) is 5.75 Å². The van der Waals surface area contributed by atoms with Gasteiger partial charge in [0, 0.05) is 23.6 Å². The second kappa shape index (κ2) is 10.5. The Morgan fingerprint density at radius 3 is 2.50 bits per heavy atom. The van der Waals surface area contributed by atoms with Crippen LogP contribution in [0.2, 0.25) is 0 Å². The normalized spacial score (nSPS) is 10.9. The summed E-state index contributed by atoms with van der Waals surface area (Å²) in [6, 6.07) is 25.6. The largest absolute Gasteiger partial charge is 0.497 e. The second-order valence-corrected chi connectivity index (χ2v) is 7.81. The highest BCUT2D eigenvalue weighted by Gasteiger charge is 2.13. The van der Waals surface area contributed by atoms with Crippen LogP contribution in [0.1, 0.15) is 5.56 Å². The maximum Gasteiger partial charge on any atom is 0.250 e. The first kappa shape index (κ1) is 21.4. The molecule has 0 fully saturated rings. The molecule has 4 rings (SSSR count). The molecular weight excluding hydrogens is 420 g/mol. The van der Waals surface area contributed by atoms with Crippen molar-refractivity contribution < 1.29 is 9.53 Å². The smallest absolute Gasteiger partial charge is 0.250 e. The Labute approximate surface area is 191 Å². The van der Waals surface area contributed by atoms with E-state index in [4.69, 9.17) is 4.74 Å². The number of carbonyl (C=O) groups excluding carboxylic acids is 1. The number of para-hydroxylation sites is 1. The second-order valence-electron chi connectivity index (χ2n) is 6.82. The van der Waals surface area contributed by atoms with Crippen LogP contribution in [0.4, 0.5) is 0 Å². The zero-order valence-corrected chi connectivity index (χ0v) is 18.3. The molecule has 1 N–H and O–H groups in total. The average molecular weight is 443 g/mol. The van der Waals surface area contributed by atoms with Crippen LogP contribution < -0.4 is 10.2 Å². The van der Waals surface area contributed by atoms with E-state index in [1.54, 1.807) is 25.7 Å². The molecular formula is C25H22N4O2S. The van der Waals surface area contributed by atoms with E-state index < -0.39 is 0 Å². The van der Waals surface area contributed by atoms with Crippen LogP contribution in [-0.2, 0) is 4.79 Å². The number of amides is 1. The van der Waals surface area contributed by atoms with E-state index in [-0.39, 0.29) is 11.7 Å². The number of hydrazone groups is 1. The Hall–Kier alpha value is -3.84. The van der Waals surface area contributed by atoms with E-state index in [2.05, 4.69) is 26.1 Å². The Kier molecular flexibility index (Phi) is 6.99. The monoisotopic (exact) mass is 442 g/mol. The molecule has 0 saturated carbocycles. The number of nitrogens with zero attached hydrogens (tertiary/aromatic N) is 3. The summed E-state index contributed by atoms with van der Waals surface area (Å²) >= 11 is 1.46. The molecule has 0 radical (unpaired) electrons. The fraction of sp³-hybridized carbons (Fsp3) is 0.0800. The Morgan fingerprint density at radius 2 is 1.78 bits per heavy atom. The zero-order chi connectivity index (χ0) is 22.2. The minimum absolute atomic E-state index is 0.175. The number of pyridine rings is 1. The van der Waals surface area contributed by atoms with Gasteiger partial charge in [-0.3, -0.25) is 9.78 Å². The molecule has 2 aromatic heterocycles. The molecule has 2 aromatic carbocycles. The van der Waals surface area contributed by atoms with Gasteiger partial charge in [-0.25, -0.2) is 5.43 Å². The van der Waals surface area contributed by atoms with Gasteiger partial charge in [0.25, 0.3) is 0 Å². The number of benzene rings is 2. The molecule has 1 amide bonds. The highest BCUT2D eigenvalue weighted by molar-refractivity contribution is 7.99. The molecule has 6 nitrogen and oxygen atoms in total. The summed E-state index contributed by atoms with van der Waals surface area (Å²) in [5.74, 6) is 0.841. The third kappa shape index (κ3) is 5.25. The van der Waals surface area contributed by atoms with Gasteiger partial charge >= 0.3 is 0 Å². The first-order chi connectivity index (χ1) is 15.7. The van der Waals surface area contributed by atoms with Crippen molar-refractivity contribution in [3.05, 3.63) is 96.8 Å². The molecule has 0 aliphatic heterocycles. The number of nitrogens with one attached hydrogen (secondary N) is 1. The fourth-order valence-electron chi connectivity index (χ4n) is 3.16. The molecule has 160 valence electrons. The number of aromatic nitrogens is 2. The van der Waals surface area contributed by atoms with Crippen molar-refractivity contribution in [1.82, 2.24) is 15.0 Å². The van der Waals surface area contributed by atoms with Gasteiger partial charge in [-0.05, 0) is 66.2 Å². The molecule has 0 saturated heterocycles. The van der Waals surface area contributed by atoms with Crippen LogP contribution >= 0.6 is 11.8 Å². The van der Waals surface area contributed by atoms with Gasteiger partial charge in [0.15, 0.2) is 0 Å². The molecule has 0 atom stereocenters. The number of hydrogen-bond donors (Lipinski definition) is 1. The van der Waals surface area contributed by atoms with Gasteiger partial charge in [0.2, 0.25) is 5.91 Å². The lowest BCUT2D eigenvalue weighted by Crippen LogP contribution is -2.19. The van der Waals surface area contributed by atoms with E-state index in [0.717, 1.165) is 33.3 Å². The van der Waals surface area contributed by atoms with E-state index >= 15 is 0 Å². The van der Waals surface area contributed by atoms with Gasteiger partial charge in [0.05, 0.1) is 29.8 Å². The first-order valence-corrected chi connectivity index (χ1v) is 11.0. The number of carbonyl (C=O) groups is 1. The molecule has 7 heteroatoms. The predicted octanol–water partition coefficient (Wildman–Crippen LogP) is 4.79. The lowest BCUT2D eigenvalue weighted by molar-refractivity contribution is -0.118. The Morgan fingerprint density at radius 1 is 1.03 bits per heavy atom. The molecule has 4 aromatic rings. The van der Waals surface area contributed by atoms with E-state index in [0.29, 0.717) is 0 Å². The molecule has 2 heterocycles. The molecule has 0 bridgehead atoms.